The van der Waals surface area contributed by atoms with Crippen molar-refractivity contribution in [2.45, 2.75) is 0 Å². The van der Waals surface area contributed by atoms with Crippen molar-refractivity contribution < 1.29 is 0 Å². The average Bonchev–Trinajstić information content (AvgIpc) is 1.69. The minimum absolute atomic E-state index is 0.346. The van der Waals surface area contributed by atoms with Crippen LogP contribution in [-0.2, 0) is 0 Å². The van der Waals surface area contributed by atoms with E-state index in [9.17, 15) is 0 Å². The predicted octanol–water partition coefficient (Wildman–Crippen LogP) is 3.47. The molecule has 4 heteroatoms. The van der Waals surface area contributed by atoms with Crippen LogP contribution in [0.25, 0.3) is 0 Å². The van der Waals surface area contributed by atoms with E-state index >= 15 is 0 Å². The van der Waals surface area contributed by atoms with Crippen molar-refractivity contribution in [1.29, 1.82) is 0 Å². The normalized spacial score (nSPS) is 9.00. The van der Waals surface area contributed by atoms with Gasteiger partial charge in [0.15, 0.2) is 0 Å². The van der Waals surface area contributed by atoms with Gasteiger partial charge in [0, 0.05) is 10.7 Å². The number of rotatable bonds is 2. The van der Waals surface area contributed by atoms with Gasteiger partial charge in [-0.15, -0.1) is 0 Å². The van der Waals surface area contributed by atoms with Gasteiger partial charge >= 0.3 is 0 Å². The van der Waals surface area contributed by atoms with Crippen molar-refractivity contribution >= 4 is 55.1 Å². The highest BCUT2D eigenvalue weighted by Crippen LogP contribution is 2.17. The highest BCUT2D eigenvalue weighted by atomic mass is 79.9. The Morgan fingerprint density at radius 2 is 1.50 bits per heavy atom. The van der Waals surface area contributed by atoms with Gasteiger partial charge in [-0.25, -0.2) is 0 Å². The van der Waals surface area contributed by atoms with E-state index in [4.69, 9.17) is 23.2 Å². The predicted molar refractivity (Wildman–Crippen MR) is 46.3 cm³/mol. The largest absolute Gasteiger partial charge is 0.107 e. The number of hydrogen-bond acceptors (Lipinski definition) is 0. The second-order valence-corrected chi connectivity index (χ2v) is 3.20. The van der Waals surface area contributed by atoms with Crippen molar-refractivity contribution in [3.63, 3.8) is 0 Å². The maximum absolute atomic E-state index is 5.43. The summed E-state index contributed by atoms with van der Waals surface area (Å²) in [5.74, 6) is 0. The smallest absolute Gasteiger partial charge is 0.0879 e. The molecule has 0 aliphatic heterocycles. The van der Waals surface area contributed by atoms with E-state index in [1.54, 1.807) is 0 Å². The lowest BCUT2D eigenvalue weighted by atomic mass is 10.4. The van der Waals surface area contributed by atoms with Gasteiger partial charge in [-0.2, -0.15) is 0 Å². The molecule has 0 rings (SSSR count). The van der Waals surface area contributed by atoms with Crippen LogP contribution in [0.5, 0.6) is 0 Å². The molecule has 0 aromatic carbocycles. The zero-order valence-corrected chi connectivity index (χ0v) is 8.61. The summed E-state index contributed by atoms with van der Waals surface area (Å²) in [6, 6.07) is 0. The molecule has 0 saturated carbocycles. The van der Waals surface area contributed by atoms with Crippen LogP contribution in [0, 0.1) is 0 Å². The summed E-state index contributed by atoms with van der Waals surface area (Å²) < 4.78 is 0.346. The van der Waals surface area contributed by atoms with Gasteiger partial charge in [-0.05, 0) is 5.57 Å². The molecule has 0 unspecified atom stereocenters. The monoisotopic (exact) mass is 280 g/mol. The summed E-state index contributed by atoms with van der Waals surface area (Å²) in [5.41, 5.74) is 0.966. The summed E-state index contributed by atoms with van der Waals surface area (Å²) in [6.07, 6.45) is 0. The second kappa shape index (κ2) is 5.10. The van der Waals surface area contributed by atoms with E-state index in [2.05, 4.69) is 31.9 Å². The molecule has 0 spiro atoms. The first-order valence-electron chi connectivity index (χ1n) is 1.87. The summed E-state index contributed by atoms with van der Waals surface area (Å²) in [6.45, 7) is 0. The Morgan fingerprint density at radius 1 is 1.12 bits per heavy atom. The van der Waals surface area contributed by atoms with Gasteiger partial charge in [-0.1, -0.05) is 55.1 Å². The highest BCUT2D eigenvalue weighted by Gasteiger charge is 1.96. The maximum Gasteiger partial charge on any atom is 0.107 e. The van der Waals surface area contributed by atoms with Crippen LogP contribution < -0.4 is 0 Å². The fraction of sp³-hybridized carbons (Fsp3) is 0.500. The molecule has 0 N–H and O–H groups in total. The molecule has 0 aliphatic carbocycles. The Labute approximate surface area is 75.5 Å². The number of alkyl halides is 2. The van der Waals surface area contributed by atoms with E-state index in [0.29, 0.717) is 4.49 Å². The van der Waals surface area contributed by atoms with Crippen LogP contribution in [0.1, 0.15) is 0 Å². The van der Waals surface area contributed by atoms with Crippen molar-refractivity contribution in [3.8, 4) is 0 Å². The minimum Gasteiger partial charge on any atom is -0.0879 e. The molecule has 0 saturated heterocycles. The molecule has 0 aromatic rings. The average molecular weight is 283 g/mol. The molecule has 0 atom stereocenters. The third-order valence-electron chi connectivity index (χ3n) is 0.590. The van der Waals surface area contributed by atoms with Gasteiger partial charge in [0.25, 0.3) is 0 Å². The molecule has 0 bridgehead atoms. The Bertz CT molecular complexity index is 90.2. The quantitative estimate of drug-likeness (QED) is 0.681. The molecular formula is C4H4Br2Cl2. The first-order valence-corrected chi connectivity index (χ1v) is 4.87. The first kappa shape index (κ1) is 9.28. The van der Waals surface area contributed by atoms with Gasteiger partial charge in [0.1, 0.15) is 4.49 Å². The fourth-order valence-electron chi connectivity index (χ4n) is 0.137. The van der Waals surface area contributed by atoms with Gasteiger partial charge in [-0.3, -0.25) is 0 Å². The molecule has 0 radical (unpaired) electrons. The van der Waals surface area contributed by atoms with Crippen molar-refractivity contribution in [2.24, 2.45) is 0 Å². The molecule has 0 aliphatic rings. The Morgan fingerprint density at radius 3 is 1.50 bits per heavy atom. The van der Waals surface area contributed by atoms with Crippen molar-refractivity contribution in [1.82, 2.24) is 0 Å². The third kappa shape index (κ3) is 3.33. The molecule has 0 heterocycles. The zero-order chi connectivity index (χ0) is 6.57. The van der Waals surface area contributed by atoms with Gasteiger partial charge in [0.05, 0.1) is 0 Å². The lowest BCUT2D eigenvalue weighted by Gasteiger charge is -1.94. The van der Waals surface area contributed by atoms with E-state index in [1.807, 2.05) is 0 Å². The van der Waals surface area contributed by atoms with E-state index in [0.717, 1.165) is 16.2 Å². The second-order valence-electron chi connectivity index (χ2n) is 1.13. The van der Waals surface area contributed by atoms with Crippen LogP contribution in [0.2, 0.25) is 0 Å². The van der Waals surface area contributed by atoms with Crippen LogP contribution in [-0.4, -0.2) is 10.7 Å². The van der Waals surface area contributed by atoms with E-state index in [-0.39, 0.29) is 0 Å². The molecule has 48 valence electrons. The van der Waals surface area contributed by atoms with E-state index in [1.165, 1.54) is 0 Å². The Kier molecular flexibility index (Phi) is 5.91. The number of halogens is 4. The van der Waals surface area contributed by atoms with Crippen LogP contribution in [0.15, 0.2) is 10.1 Å². The van der Waals surface area contributed by atoms with Gasteiger partial charge in [0.2, 0.25) is 0 Å². The minimum atomic E-state index is 0.346. The Balaban J connectivity index is 3.86. The molecule has 0 amide bonds. The fourth-order valence-corrected chi connectivity index (χ4v) is 2.54. The molecule has 0 nitrogen and oxygen atoms in total. The number of hydrogen-bond donors (Lipinski definition) is 0. The SMILES string of the molecule is ClC(Cl)=C(CBr)CBr. The molecule has 0 aromatic heterocycles. The lowest BCUT2D eigenvalue weighted by molar-refractivity contribution is 1.47. The third-order valence-corrected chi connectivity index (χ3v) is 2.48. The summed E-state index contributed by atoms with van der Waals surface area (Å²) in [7, 11) is 0. The molecular weight excluding hydrogens is 279 g/mol. The van der Waals surface area contributed by atoms with Crippen LogP contribution in [0.4, 0.5) is 0 Å². The van der Waals surface area contributed by atoms with E-state index < -0.39 is 0 Å². The van der Waals surface area contributed by atoms with Crippen LogP contribution >= 0.6 is 55.1 Å². The standard InChI is InChI=1S/C4H4Br2Cl2/c5-1-3(2-6)4(7)8/h1-2H2. The van der Waals surface area contributed by atoms with Crippen molar-refractivity contribution in [3.05, 3.63) is 10.1 Å². The summed E-state index contributed by atoms with van der Waals surface area (Å²) >= 11 is 17.3. The van der Waals surface area contributed by atoms with Gasteiger partial charge < -0.3 is 0 Å². The zero-order valence-electron chi connectivity index (χ0n) is 3.93. The summed E-state index contributed by atoms with van der Waals surface area (Å²) in [5, 5.41) is 1.45. The number of allylic oxidation sites excluding steroid dienone is 1. The molecule has 0 fully saturated rings. The topological polar surface area (TPSA) is 0 Å². The maximum atomic E-state index is 5.43. The lowest BCUT2D eigenvalue weighted by Crippen LogP contribution is -1.84. The van der Waals surface area contributed by atoms with Crippen LogP contribution in [0.3, 0.4) is 0 Å². The first-order chi connectivity index (χ1) is 3.72. The highest BCUT2D eigenvalue weighted by molar-refractivity contribution is 9.10. The van der Waals surface area contributed by atoms with Crippen molar-refractivity contribution in [2.75, 3.05) is 10.7 Å². The summed E-state index contributed by atoms with van der Waals surface area (Å²) in [4.78, 5) is 0. The molecule has 8 heavy (non-hydrogen) atoms. The Hall–Kier alpha value is 1.28.